The van der Waals surface area contributed by atoms with E-state index in [1.54, 1.807) is 0 Å². The van der Waals surface area contributed by atoms with Crippen LogP contribution in [0.25, 0.3) is 0 Å². The Morgan fingerprint density at radius 2 is 2.12 bits per heavy atom. The molecular formula is C13H25N3O. The number of piperidine rings is 1. The van der Waals surface area contributed by atoms with Crippen LogP contribution >= 0.6 is 0 Å². The van der Waals surface area contributed by atoms with Gasteiger partial charge in [-0.3, -0.25) is 9.69 Å². The Morgan fingerprint density at radius 1 is 1.35 bits per heavy atom. The van der Waals surface area contributed by atoms with Crippen LogP contribution in [-0.4, -0.2) is 43.0 Å². The number of likely N-dealkylation sites (tertiary alicyclic amines) is 1. The first kappa shape index (κ1) is 12.8. The van der Waals surface area contributed by atoms with Crippen LogP contribution in [-0.2, 0) is 4.79 Å². The molecule has 2 fully saturated rings. The number of nitrogens with two attached hydrogens (primary N) is 1. The number of nitrogens with zero attached hydrogens (tertiary/aromatic N) is 1. The molecule has 0 aromatic rings. The van der Waals surface area contributed by atoms with Crippen molar-refractivity contribution in [2.45, 2.75) is 38.6 Å². The lowest BCUT2D eigenvalue weighted by molar-refractivity contribution is -0.123. The first-order valence-corrected chi connectivity index (χ1v) is 6.94. The van der Waals surface area contributed by atoms with Gasteiger partial charge in [-0.05, 0) is 44.2 Å². The maximum absolute atomic E-state index is 11.7. The summed E-state index contributed by atoms with van der Waals surface area (Å²) in [5.74, 6) is 1.53. The summed E-state index contributed by atoms with van der Waals surface area (Å²) in [4.78, 5) is 14.0. The number of rotatable bonds is 5. The third kappa shape index (κ3) is 3.68. The van der Waals surface area contributed by atoms with Crippen LogP contribution in [0.4, 0.5) is 0 Å². The zero-order valence-electron chi connectivity index (χ0n) is 10.8. The summed E-state index contributed by atoms with van der Waals surface area (Å²) < 4.78 is 0. The summed E-state index contributed by atoms with van der Waals surface area (Å²) in [5.41, 5.74) is 5.79. The Balaban J connectivity index is 1.75. The topological polar surface area (TPSA) is 58.4 Å². The van der Waals surface area contributed by atoms with Crippen LogP contribution in [0.1, 0.15) is 32.6 Å². The van der Waals surface area contributed by atoms with Crippen molar-refractivity contribution in [2.24, 2.45) is 17.6 Å². The molecule has 1 aliphatic heterocycles. The predicted molar refractivity (Wildman–Crippen MR) is 68.5 cm³/mol. The largest absolute Gasteiger partial charge is 0.352 e. The van der Waals surface area contributed by atoms with Crippen LogP contribution in [0.3, 0.4) is 0 Å². The van der Waals surface area contributed by atoms with E-state index in [2.05, 4.69) is 17.1 Å². The highest BCUT2D eigenvalue weighted by Gasteiger charge is 2.29. The Bertz CT molecular complexity index is 265. The van der Waals surface area contributed by atoms with E-state index in [-0.39, 0.29) is 5.91 Å². The minimum Gasteiger partial charge on any atom is -0.352 e. The fraction of sp³-hybridized carbons (Fsp3) is 0.923. The normalized spacial score (nSPS) is 30.2. The zero-order chi connectivity index (χ0) is 12.3. The molecule has 0 spiro atoms. The lowest BCUT2D eigenvalue weighted by Crippen LogP contribution is -2.47. The number of nitrogens with one attached hydrogen (secondary N) is 1. The standard InChI is InChI=1S/C13H25N3O/c1-2-10-8-16(6-5-11(10)7-14)9-13(17)15-12-3-4-12/h10-12H,2-9,14H2,1H3,(H,15,17). The summed E-state index contributed by atoms with van der Waals surface area (Å²) in [6.07, 6.45) is 4.64. The maximum atomic E-state index is 11.7. The molecule has 1 amide bonds. The molecule has 0 radical (unpaired) electrons. The average Bonchev–Trinajstić information content (AvgIpc) is 3.12. The zero-order valence-corrected chi connectivity index (χ0v) is 10.8. The van der Waals surface area contributed by atoms with Gasteiger partial charge in [0.1, 0.15) is 0 Å². The second kappa shape index (κ2) is 5.83. The molecule has 0 aromatic heterocycles. The molecule has 0 aromatic carbocycles. The number of hydrogen-bond acceptors (Lipinski definition) is 3. The molecule has 2 aliphatic rings. The minimum atomic E-state index is 0.202. The van der Waals surface area contributed by atoms with E-state index in [1.165, 1.54) is 19.3 Å². The molecule has 17 heavy (non-hydrogen) atoms. The van der Waals surface area contributed by atoms with E-state index in [1.807, 2.05) is 0 Å². The van der Waals surface area contributed by atoms with Gasteiger partial charge >= 0.3 is 0 Å². The quantitative estimate of drug-likeness (QED) is 0.737. The Hall–Kier alpha value is -0.610. The third-order valence-corrected chi connectivity index (χ3v) is 4.11. The van der Waals surface area contributed by atoms with Crippen molar-refractivity contribution in [2.75, 3.05) is 26.2 Å². The first-order chi connectivity index (χ1) is 8.22. The monoisotopic (exact) mass is 239 g/mol. The highest BCUT2D eigenvalue weighted by Crippen LogP contribution is 2.25. The number of carbonyl (C=O) groups excluding carboxylic acids is 1. The van der Waals surface area contributed by atoms with Crippen molar-refractivity contribution < 1.29 is 4.79 Å². The van der Waals surface area contributed by atoms with Crippen molar-refractivity contribution in [3.8, 4) is 0 Å². The molecule has 4 heteroatoms. The number of amides is 1. The average molecular weight is 239 g/mol. The van der Waals surface area contributed by atoms with Crippen molar-refractivity contribution in [3.63, 3.8) is 0 Å². The number of hydrogen-bond donors (Lipinski definition) is 2. The summed E-state index contributed by atoms with van der Waals surface area (Å²) in [5, 5.41) is 3.05. The molecule has 0 bridgehead atoms. The van der Waals surface area contributed by atoms with Gasteiger partial charge < -0.3 is 11.1 Å². The smallest absolute Gasteiger partial charge is 0.234 e. The summed E-state index contributed by atoms with van der Waals surface area (Å²) in [7, 11) is 0. The van der Waals surface area contributed by atoms with Gasteiger partial charge in [-0.1, -0.05) is 13.3 Å². The molecule has 1 aliphatic carbocycles. The fourth-order valence-electron chi connectivity index (χ4n) is 2.78. The van der Waals surface area contributed by atoms with Gasteiger partial charge in [0.05, 0.1) is 6.54 Å². The van der Waals surface area contributed by atoms with Crippen molar-refractivity contribution in [1.82, 2.24) is 10.2 Å². The summed E-state index contributed by atoms with van der Waals surface area (Å²) in [6, 6.07) is 0.478. The van der Waals surface area contributed by atoms with Crippen LogP contribution in [0, 0.1) is 11.8 Å². The van der Waals surface area contributed by atoms with Gasteiger partial charge in [-0.15, -0.1) is 0 Å². The number of carbonyl (C=O) groups is 1. The highest BCUT2D eigenvalue weighted by molar-refractivity contribution is 5.78. The lowest BCUT2D eigenvalue weighted by Gasteiger charge is -2.37. The molecule has 2 rings (SSSR count). The maximum Gasteiger partial charge on any atom is 0.234 e. The molecule has 2 unspecified atom stereocenters. The van der Waals surface area contributed by atoms with Gasteiger partial charge in [0.15, 0.2) is 0 Å². The molecule has 1 saturated carbocycles. The van der Waals surface area contributed by atoms with Crippen LogP contribution in [0.2, 0.25) is 0 Å². The Kier molecular flexibility index (Phi) is 4.40. The third-order valence-electron chi connectivity index (χ3n) is 4.11. The van der Waals surface area contributed by atoms with Gasteiger partial charge in [0, 0.05) is 12.6 Å². The molecule has 2 atom stereocenters. The van der Waals surface area contributed by atoms with Crippen molar-refractivity contribution >= 4 is 5.91 Å². The van der Waals surface area contributed by atoms with Gasteiger partial charge in [-0.25, -0.2) is 0 Å². The van der Waals surface area contributed by atoms with Gasteiger partial charge in [-0.2, -0.15) is 0 Å². The second-order valence-corrected chi connectivity index (χ2v) is 5.53. The summed E-state index contributed by atoms with van der Waals surface area (Å²) >= 11 is 0. The highest BCUT2D eigenvalue weighted by atomic mass is 16.2. The van der Waals surface area contributed by atoms with E-state index in [0.717, 1.165) is 26.1 Å². The van der Waals surface area contributed by atoms with E-state index in [4.69, 9.17) is 5.73 Å². The SMILES string of the molecule is CCC1CN(CC(=O)NC2CC2)CCC1CN. The van der Waals surface area contributed by atoms with Crippen LogP contribution < -0.4 is 11.1 Å². The molecule has 4 nitrogen and oxygen atoms in total. The van der Waals surface area contributed by atoms with E-state index < -0.39 is 0 Å². The minimum absolute atomic E-state index is 0.202. The molecule has 1 heterocycles. The lowest BCUT2D eigenvalue weighted by atomic mass is 9.84. The summed E-state index contributed by atoms with van der Waals surface area (Å²) in [6.45, 7) is 5.65. The molecule has 3 N–H and O–H groups in total. The van der Waals surface area contributed by atoms with E-state index >= 15 is 0 Å². The molecule has 1 saturated heterocycles. The van der Waals surface area contributed by atoms with Crippen molar-refractivity contribution in [1.29, 1.82) is 0 Å². The Morgan fingerprint density at radius 3 is 2.71 bits per heavy atom. The van der Waals surface area contributed by atoms with Crippen LogP contribution in [0.5, 0.6) is 0 Å². The molecular weight excluding hydrogens is 214 g/mol. The first-order valence-electron chi connectivity index (χ1n) is 6.94. The fourth-order valence-corrected chi connectivity index (χ4v) is 2.78. The Labute approximate surface area is 104 Å². The second-order valence-electron chi connectivity index (χ2n) is 5.53. The molecule has 98 valence electrons. The van der Waals surface area contributed by atoms with E-state index in [9.17, 15) is 4.79 Å². The van der Waals surface area contributed by atoms with E-state index in [0.29, 0.717) is 24.4 Å². The van der Waals surface area contributed by atoms with Crippen LogP contribution in [0.15, 0.2) is 0 Å². The van der Waals surface area contributed by atoms with Gasteiger partial charge in [0.2, 0.25) is 5.91 Å². The van der Waals surface area contributed by atoms with Crippen molar-refractivity contribution in [3.05, 3.63) is 0 Å². The van der Waals surface area contributed by atoms with Gasteiger partial charge in [0.25, 0.3) is 0 Å². The predicted octanol–water partition coefficient (Wildman–Crippen LogP) is 0.572.